The normalized spacial score (nSPS) is 33.0. The summed E-state index contributed by atoms with van der Waals surface area (Å²) in [4.78, 5) is 76.9. The van der Waals surface area contributed by atoms with Crippen molar-refractivity contribution in [2.45, 2.75) is 119 Å². The van der Waals surface area contributed by atoms with E-state index in [4.69, 9.17) is 31.4 Å². The number of rotatable bonds is 15. The summed E-state index contributed by atoms with van der Waals surface area (Å²) in [7, 11) is 0. The predicted molar refractivity (Wildman–Crippen MR) is 156 cm³/mol. The number of nitrogens with zero attached hydrogens (tertiary/aromatic N) is 1. The molecule has 2 unspecified atom stereocenters. The summed E-state index contributed by atoms with van der Waals surface area (Å²) in [5.41, 5.74) is 15.2. The quantitative estimate of drug-likeness (QED) is 0.0758. The highest BCUT2D eigenvalue weighted by Gasteiger charge is 2.63. The van der Waals surface area contributed by atoms with Crippen LogP contribution in [0.1, 0.15) is 40.0 Å². The van der Waals surface area contributed by atoms with Crippen molar-refractivity contribution in [3.8, 4) is 0 Å². The summed E-state index contributed by atoms with van der Waals surface area (Å²) in [5.74, 6) is -7.89. The largest absolute Gasteiger partial charge is 0.481 e. The van der Waals surface area contributed by atoms with E-state index in [9.17, 15) is 64.5 Å². The molecule has 0 saturated carbocycles. The molecule has 0 aromatic heterocycles. The Balaban J connectivity index is 2.95. The first-order valence-corrected chi connectivity index (χ1v) is 14.9. The molecule has 4 amide bonds. The lowest BCUT2D eigenvalue weighted by Gasteiger charge is -2.54. The van der Waals surface area contributed by atoms with Crippen LogP contribution in [0.15, 0.2) is 0 Å². The number of amides is 4. The molecule has 274 valence electrons. The zero-order valence-corrected chi connectivity index (χ0v) is 26.4. The van der Waals surface area contributed by atoms with Gasteiger partial charge in [0.05, 0.1) is 31.4 Å². The average molecular weight is 696 g/mol. The molecule has 2 saturated heterocycles. The van der Waals surface area contributed by atoms with E-state index in [1.165, 1.54) is 0 Å². The van der Waals surface area contributed by atoms with Crippen LogP contribution in [-0.2, 0) is 43.0 Å². The Morgan fingerprint density at radius 2 is 1.42 bits per heavy atom. The van der Waals surface area contributed by atoms with E-state index in [2.05, 4.69) is 5.32 Å². The van der Waals surface area contributed by atoms with E-state index in [1.54, 1.807) is 0 Å². The molecule has 0 aromatic rings. The van der Waals surface area contributed by atoms with Crippen LogP contribution in [0.4, 0.5) is 0 Å². The van der Waals surface area contributed by atoms with Gasteiger partial charge in [0.2, 0.25) is 23.6 Å². The molecule has 0 bridgehead atoms. The number of aliphatic carboxylic acids is 2. The fourth-order valence-electron chi connectivity index (χ4n) is 6.00. The maximum absolute atomic E-state index is 14.6. The molecule has 21 heteroatoms. The third-order valence-electron chi connectivity index (χ3n) is 8.44. The van der Waals surface area contributed by atoms with Gasteiger partial charge in [-0.3, -0.25) is 28.9 Å². The van der Waals surface area contributed by atoms with Crippen LogP contribution in [-0.4, -0.2) is 168 Å². The molecule has 2 fully saturated rings. The number of carboxylic acids is 2. The summed E-state index contributed by atoms with van der Waals surface area (Å²) in [5, 5.41) is 72.8. The molecular weight excluding hydrogens is 650 g/mol. The number of carboxylic acid groups (broad SMARTS) is 2. The summed E-state index contributed by atoms with van der Waals surface area (Å²) in [6, 6.07) is -5.20. The lowest BCUT2D eigenvalue weighted by molar-refractivity contribution is -0.245. The average Bonchev–Trinajstić information content (AvgIpc) is 3.00. The summed E-state index contributed by atoms with van der Waals surface area (Å²) in [6.45, 7) is 0.883. The lowest BCUT2D eigenvalue weighted by atomic mass is 9.73. The minimum atomic E-state index is -2.86. The van der Waals surface area contributed by atoms with Crippen molar-refractivity contribution < 1.29 is 78.7 Å². The Hall–Kier alpha value is -3.38. The van der Waals surface area contributed by atoms with Gasteiger partial charge < -0.3 is 72.5 Å². The third kappa shape index (κ3) is 8.61. The molecule has 14 N–H and O–H groups in total. The molecule has 2 heterocycles. The maximum atomic E-state index is 14.6. The topological polar surface area (TPSA) is 365 Å². The molecule has 2 rings (SSSR count). The fraction of sp³-hybridized carbons (Fsp3) is 0.778. The zero-order chi connectivity index (χ0) is 36.8. The van der Waals surface area contributed by atoms with Crippen molar-refractivity contribution in [2.24, 2.45) is 17.2 Å². The molecule has 2 aliphatic rings. The Labute approximate surface area is 273 Å². The second kappa shape index (κ2) is 16.8. The lowest BCUT2D eigenvalue weighted by Crippen LogP contribution is -2.79. The highest BCUT2D eigenvalue weighted by molar-refractivity contribution is 6.03. The highest BCUT2D eigenvalue weighted by atomic mass is 16.6. The molecule has 0 spiro atoms. The number of aliphatic hydroxyl groups is 5. The molecule has 21 nitrogen and oxygen atoms in total. The second-order valence-corrected chi connectivity index (χ2v) is 11.7. The number of hydrogen-bond acceptors (Lipinski definition) is 16. The Morgan fingerprint density at radius 3 is 1.88 bits per heavy atom. The van der Waals surface area contributed by atoms with Crippen LogP contribution >= 0.6 is 0 Å². The summed E-state index contributed by atoms with van der Waals surface area (Å²) in [6.07, 6.45) is -18.1. The summed E-state index contributed by atoms with van der Waals surface area (Å²) < 4.78 is 17.1. The van der Waals surface area contributed by atoms with Gasteiger partial charge >= 0.3 is 11.9 Å². The second-order valence-electron chi connectivity index (χ2n) is 11.7. The Kier molecular flexibility index (Phi) is 14.3. The van der Waals surface area contributed by atoms with E-state index < -0.39 is 147 Å². The van der Waals surface area contributed by atoms with Gasteiger partial charge in [-0.15, -0.1) is 0 Å². The number of carbonyl (C=O) groups excluding carboxylic acids is 4. The number of imide groups is 1. The number of ether oxygens (including phenoxy) is 3. The zero-order valence-electron chi connectivity index (χ0n) is 26.4. The molecule has 2 aliphatic heterocycles. The predicted octanol–water partition coefficient (Wildman–Crippen LogP) is -6.54. The van der Waals surface area contributed by atoms with Crippen molar-refractivity contribution in [1.82, 2.24) is 10.2 Å². The summed E-state index contributed by atoms with van der Waals surface area (Å²) >= 11 is 0. The first kappa shape index (κ1) is 40.8. The number of carbonyl (C=O) groups is 6. The number of nitrogens with one attached hydrogen (secondary N) is 1. The van der Waals surface area contributed by atoms with Gasteiger partial charge in [0.15, 0.2) is 11.6 Å². The van der Waals surface area contributed by atoms with Crippen molar-refractivity contribution in [2.75, 3.05) is 13.2 Å². The van der Waals surface area contributed by atoms with Crippen LogP contribution in [0, 0.1) is 0 Å². The van der Waals surface area contributed by atoms with Crippen LogP contribution in [0.25, 0.3) is 0 Å². The van der Waals surface area contributed by atoms with Gasteiger partial charge in [0.25, 0.3) is 0 Å². The van der Waals surface area contributed by atoms with Gasteiger partial charge in [0, 0.05) is 26.7 Å². The van der Waals surface area contributed by atoms with Crippen molar-refractivity contribution >= 4 is 35.6 Å². The first-order chi connectivity index (χ1) is 22.3. The minimum absolute atomic E-state index is 0.341. The van der Waals surface area contributed by atoms with E-state index >= 15 is 0 Å². The van der Waals surface area contributed by atoms with Crippen molar-refractivity contribution in [3.63, 3.8) is 0 Å². The van der Waals surface area contributed by atoms with Crippen LogP contribution < -0.4 is 22.5 Å². The Bertz CT molecular complexity index is 1190. The molecular formula is C27H45N5O16. The molecule has 0 aromatic carbocycles. The van der Waals surface area contributed by atoms with Gasteiger partial charge in [-0.2, -0.15) is 0 Å². The van der Waals surface area contributed by atoms with Crippen molar-refractivity contribution in [3.05, 3.63) is 0 Å². The van der Waals surface area contributed by atoms with Gasteiger partial charge in [-0.05, 0) is 13.3 Å². The monoisotopic (exact) mass is 695 g/mol. The number of hydrogen-bond donors (Lipinski definition) is 11. The molecule has 0 radical (unpaired) electrons. The minimum Gasteiger partial charge on any atom is -0.481 e. The van der Waals surface area contributed by atoms with Gasteiger partial charge in [0.1, 0.15) is 48.8 Å². The molecule has 48 heavy (non-hydrogen) atoms. The number of aliphatic hydroxyl groups excluding tert-OH is 5. The third-order valence-corrected chi connectivity index (χ3v) is 8.44. The van der Waals surface area contributed by atoms with Crippen LogP contribution in [0.5, 0.6) is 0 Å². The maximum Gasteiger partial charge on any atom is 0.332 e. The number of primary amides is 1. The van der Waals surface area contributed by atoms with E-state index in [1.807, 2.05) is 0 Å². The van der Waals surface area contributed by atoms with Crippen LogP contribution in [0.3, 0.4) is 0 Å². The standard InChI is InChI=1S/C27H45N5O16/c1-9(25(43)44)46-22-18(29)23(48-15(8-34)20(22)40)27(32(10(2)35)11(3)36,26(45)31-12(24(30)42)4-5-16(37)38)6-13-17(28)21(41)19(39)14(7-33)47-13/h9,12-15,17-23,33-34,39-41H,4-8,28-29H2,1-3H3,(H2,30,42)(H,31,45)(H,37,38)(H,43,44)/t9-,12-,13?,14-,15-,17+,18-,19-,20-,21-,22-,23?,27-/m1/s1. The van der Waals surface area contributed by atoms with E-state index in [0.29, 0.717) is 4.90 Å². The van der Waals surface area contributed by atoms with Crippen LogP contribution in [0.2, 0.25) is 0 Å². The smallest absolute Gasteiger partial charge is 0.332 e. The highest BCUT2D eigenvalue weighted by Crippen LogP contribution is 2.39. The van der Waals surface area contributed by atoms with E-state index in [-0.39, 0.29) is 0 Å². The number of nitrogens with two attached hydrogens (primary N) is 3. The van der Waals surface area contributed by atoms with E-state index in [0.717, 1.165) is 20.8 Å². The fourth-order valence-corrected chi connectivity index (χ4v) is 6.00. The van der Waals surface area contributed by atoms with Gasteiger partial charge in [-0.1, -0.05) is 0 Å². The van der Waals surface area contributed by atoms with Crippen molar-refractivity contribution in [1.29, 1.82) is 0 Å². The molecule has 0 aliphatic carbocycles. The SMILES string of the molecule is CC(=O)N(C(C)=O)[C@@](CC1O[C@H](CO)[C@@H](O)[C@H](O)[C@H]1N)(C(=O)N[C@H](CCC(=O)O)C(N)=O)C1O[C@H](CO)[C@@H](O)[C@H](O[C@H](C)C(=O)O)[C@H]1N. The Morgan fingerprint density at radius 1 is 0.875 bits per heavy atom. The first-order valence-electron chi connectivity index (χ1n) is 14.9. The van der Waals surface area contributed by atoms with Gasteiger partial charge in [-0.25, -0.2) is 4.79 Å². The molecule has 13 atom stereocenters.